The maximum atomic E-state index is 11.2. The molecule has 4 heteroatoms. The Kier molecular flexibility index (Phi) is 5.65. The van der Waals surface area contributed by atoms with Crippen LogP contribution < -0.4 is 10.6 Å². The van der Waals surface area contributed by atoms with Gasteiger partial charge in [0.15, 0.2) is 0 Å². The molecule has 0 amide bonds. The molecular weight excluding hydrogens is 192 g/mol. The molecule has 0 spiro atoms. The van der Waals surface area contributed by atoms with E-state index in [1.807, 2.05) is 0 Å². The van der Waals surface area contributed by atoms with Crippen molar-refractivity contribution in [2.45, 2.75) is 45.2 Å². The van der Waals surface area contributed by atoms with Gasteiger partial charge in [-0.25, -0.2) is 0 Å². The smallest absolute Gasteiger partial charge is 0.307 e. The second-order valence-electron chi connectivity index (χ2n) is 4.31. The monoisotopic (exact) mass is 214 g/mol. The lowest BCUT2D eigenvalue weighted by atomic mass is 10.3. The van der Waals surface area contributed by atoms with E-state index in [-0.39, 0.29) is 5.97 Å². The molecule has 0 radical (unpaired) electrons. The van der Waals surface area contributed by atoms with Crippen LogP contribution in [-0.2, 0) is 9.53 Å². The normalized spacial score (nSPS) is 15.7. The fourth-order valence-corrected chi connectivity index (χ4v) is 1.25. The fraction of sp³-hybridized carbons (Fsp3) is 0.909. The van der Waals surface area contributed by atoms with Crippen molar-refractivity contribution in [3.63, 3.8) is 0 Å². The first kappa shape index (κ1) is 12.5. The summed E-state index contributed by atoms with van der Waals surface area (Å²) in [6.45, 7) is 6.10. The predicted molar refractivity (Wildman–Crippen MR) is 59.7 cm³/mol. The topological polar surface area (TPSA) is 50.4 Å². The minimum absolute atomic E-state index is 0.110. The summed E-state index contributed by atoms with van der Waals surface area (Å²) in [4.78, 5) is 11.2. The van der Waals surface area contributed by atoms with Crippen LogP contribution in [0.1, 0.15) is 33.1 Å². The standard InChI is InChI=1S/C11H22N2O2/c1-9(2)12-6-5-11(14)15-8-7-13-10-3-4-10/h9-10,12-13H,3-8H2,1-2H3. The molecule has 0 heterocycles. The zero-order valence-electron chi connectivity index (χ0n) is 9.71. The molecule has 15 heavy (non-hydrogen) atoms. The van der Waals surface area contributed by atoms with E-state index < -0.39 is 0 Å². The molecule has 2 N–H and O–H groups in total. The van der Waals surface area contributed by atoms with E-state index in [1.165, 1.54) is 12.8 Å². The Morgan fingerprint density at radius 3 is 2.73 bits per heavy atom. The average molecular weight is 214 g/mol. The number of hydrogen-bond acceptors (Lipinski definition) is 4. The number of esters is 1. The van der Waals surface area contributed by atoms with Gasteiger partial charge in [-0.2, -0.15) is 0 Å². The van der Waals surface area contributed by atoms with Crippen LogP contribution in [0.15, 0.2) is 0 Å². The summed E-state index contributed by atoms with van der Waals surface area (Å²) in [5, 5.41) is 6.47. The summed E-state index contributed by atoms with van der Waals surface area (Å²) < 4.78 is 5.06. The minimum atomic E-state index is -0.110. The Morgan fingerprint density at radius 2 is 2.13 bits per heavy atom. The maximum absolute atomic E-state index is 11.2. The molecule has 1 fully saturated rings. The van der Waals surface area contributed by atoms with Crippen LogP contribution in [-0.4, -0.2) is 37.7 Å². The van der Waals surface area contributed by atoms with Gasteiger partial charge >= 0.3 is 5.97 Å². The number of ether oxygens (including phenoxy) is 1. The van der Waals surface area contributed by atoms with Crippen molar-refractivity contribution in [3.8, 4) is 0 Å². The van der Waals surface area contributed by atoms with Crippen LogP contribution in [0.5, 0.6) is 0 Å². The van der Waals surface area contributed by atoms with Gasteiger partial charge in [0.1, 0.15) is 6.61 Å². The molecule has 0 aliphatic heterocycles. The van der Waals surface area contributed by atoms with Gasteiger partial charge in [0.05, 0.1) is 6.42 Å². The van der Waals surface area contributed by atoms with Crippen LogP contribution in [0, 0.1) is 0 Å². The molecule has 0 aromatic heterocycles. The van der Waals surface area contributed by atoms with Crippen molar-refractivity contribution < 1.29 is 9.53 Å². The zero-order chi connectivity index (χ0) is 11.1. The number of nitrogens with one attached hydrogen (secondary N) is 2. The van der Waals surface area contributed by atoms with E-state index >= 15 is 0 Å². The number of carbonyl (C=O) groups excluding carboxylic acids is 1. The third kappa shape index (κ3) is 7.33. The quantitative estimate of drug-likeness (QED) is 0.460. The average Bonchev–Trinajstić information content (AvgIpc) is 2.95. The summed E-state index contributed by atoms with van der Waals surface area (Å²) in [6, 6.07) is 1.11. The van der Waals surface area contributed by atoms with Gasteiger partial charge < -0.3 is 15.4 Å². The van der Waals surface area contributed by atoms with Crippen molar-refractivity contribution >= 4 is 5.97 Å². The van der Waals surface area contributed by atoms with Gasteiger partial charge in [-0.1, -0.05) is 13.8 Å². The van der Waals surface area contributed by atoms with E-state index in [4.69, 9.17) is 4.74 Å². The molecule has 1 aliphatic carbocycles. The third-order valence-electron chi connectivity index (χ3n) is 2.26. The number of carbonyl (C=O) groups is 1. The molecular formula is C11H22N2O2. The highest BCUT2D eigenvalue weighted by molar-refractivity contribution is 5.69. The van der Waals surface area contributed by atoms with Gasteiger partial charge in [0, 0.05) is 25.2 Å². The zero-order valence-corrected chi connectivity index (χ0v) is 9.71. The molecule has 0 aromatic carbocycles. The van der Waals surface area contributed by atoms with Crippen LogP contribution >= 0.6 is 0 Å². The highest BCUT2D eigenvalue weighted by atomic mass is 16.5. The van der Waals surface area contributed by atoms with Crippen LogP contribution in [0.25, 0.3) is 0 Å². The van der Waals surface area contributed by atoms with Gasteiger partial charge in [-0.05, 0) is 12.8 Å². The number of hydrogen-bond donors (Lipinski definition) is 2. The van der Waals surface area contributed by atoms with Gasteiger partial charge in [-0.15, -0.1) is 0 Å². The van der Waals surface area contributed by atoms with Gasteiger partial charge in [0.2, 0.25) is 0 Å². The Balaban J connectivity index is 1.84. The van der Waals surface area contributed by atoms with Crippen molar-refractivity contribution in [1.29, 1.82) is 0 Å². The molecule has 0 aromatic rings. The molecule has 1 saturated carbocycles. The molecule has 0 saturated heterocycles. The molecule has 0 unspecified atom stereocenters. The SMILES string of the molecule is CC(C)NCCC(=O)OCCNC1CC1. The Hall–Kier alpha value is -0.610. The van der Waals surface area contributed by atoms with Crippen molar-refractivity contribution in [3.05, 3.63) is 0 Å². The Morgan fingerprint density at radius 1 is 1.40 bits per heavy atom. The molecule has 1 aliphatic rings. The van der Waals surface area contributed by atoms with Gasteiger partial charge in [0.25, 0.3) is 0 Å². The second-order valence-corrected chi connectivity index (χ2v) is 4.31. The molecule has 0 bridgehead atoms. The molecule has 4 nitrogen and oxygen atoms in total. The fourth-order valence-electron chi connectivity index (χ4n) is 1.25. The molecule has 1 rings (SSSR count). The summed E-state index contributed by atoms with van der Waals surface area (Å²) in [6.07, 6.45) is 3.00. The second kappa shape index (κ2) is 6.80. The molecule has 88 valence electrons. The van der Waals surface area contributed by atoms with E-state index in [1.54, 1.807) is 0 Å². The van der Waals surface area contributed by atoms with Crippen molar-refractivity contribution in [2.75, 3.05) is 19.7 Å². The molecule has 0 atom stereocenters. The summed E-state index contributed by atoms with van der Waals surface area (Å²) in [5.41, 5.74) is 0. The van der Waals surface area contributed by atoms with E-state index in [0.29, 0.717) is 31.7 Å². The lowest BCUT2D eigenvalue weighted by molar-refractivity contribution is -0.143. The van der Waals surface area contributed by atoms with E-state index in [2.05, 4.69) is 24.5 Å². The first-order chi connectivity index (χ1) is 7.18. The Labute approximate surface area is 91.8 Å². The van der Waals surface area contributed by atoms with Crippen LogP contribution in [0.3, 0.4) is 0 Å². The highest BCUT2D eigenvalue weighted by Crippen LogP contribution is 2.17. The van der Waals surface area contributed by atoms with Crippen molar-refractivity contribution in [1.82, 2.24) is 10.6 Å². The van der Waals surface area contributed by atoms with Crippen LogP contribution in [0.4, 0.5) is 0 Å². The van der Waals surface area contributed by atoms with E-state index in [0.717, 1.165) is 6.54 Å². The first-order valence-electron chi connectivity index (χ1n) is 5.81. The number of rotatable bonds is 8. The van der Waals surface area contributed by atoms with Crippen LogP contribution in [0.2, 0.25) is 0 Å². The highest BCUT2D eigenvalue weighted by Gasteiger charge is 2.19. The largest absolute Gasteiger partial charge is 0.464 e. The van der Waals surface area contributed by atoms with Crippen molar-refractivity contribution in [2.24, 2.45) is 0 Å². The van der Waals surface area contributed by atoms with Gasteiger partial charge in [-0.3, -0.25) is 4.79 Å². The Bertz CT molecular complexity index is 191. The maximum Gasteiger partial charge on any atom is 0.307 e. The van der Waals surface area contributed by atoms with E-state index in [9.17, 15) is 4.79 Å². The first-order valence-corrected chi connectivity index (χ1v) is 5.81. The summed E-state index contributed by atoms with van der Waals surface area (Å²) in [7, 11) is 0. The summed E-state index contributed by atoms with van der Waals surface area (Å²) in [5.74, 6) is -0.110. The lowest BCUT2D eigenvalue weighted by Crippen LogP contribution is -2.27. The minimum Gasteiger partial charge on any atom is -0.464 e. The lowest BCUT2D eigenvalue weighted by Gasteiger charge is -2.08. The predicted octanol–water partition coefficient (Wildman–Crippen LogP) is 0.670. The summed E-state index contributed by atoms with van der Waals surface area (Å²) >= 11 is 0. The third-order valence-corrected chi connectivity index (χ3v) is 2.26.